The van der Waals surface area contributed by atoms with Gasteiger partial charge in [0, 0.05) is 18.1 Å². The summed E-state index contributed by atoms with van der Waals surface area (Å²) in [6.07, 6.45) is -1.01. The molecule has 2 unspecified atom stereocenters. The van der Waals surface area contributed by atoms with Gasteiger partial charge >= 0.3 is 13.8 Å². The lowest BCUT2D eigenvalue weighted by atomic mass is 9.79. The number of hydrogen-bond acceptors (Lipinski definition) is 10. The SMILES string of the molecule is C[C@@H](O)C1C(=O)N2C(C(=O)OCc3ccc([N+](C)(O)O)cc3)=C(OP(=O)(Oc3ccccc3)Oc3ccccc3)[C@H](C)C12. The van der Waals surface area contributed by atoms with E-state index in [9.17, 15) is 29.7 Å². The smallest absolute Gasteiger partial charge is 0.456 e. The van der Waals surface area contributed by atoms with Gasteiger partial charge in [-0.1, -0.05) is 43.3 Å². The molecular weight excluding hydrogens is 579 g/mol. The number of phosphoric ester groups is 1. The zero-order valence-corrected chi connectivity index (χ0v) is 24.5. The van der Waals surface area contributed by atoms with Gasteiger partial charge in [-0.3, -0.25) is 9.69 Å². The van der Waals surface area contributed by atoms with Crippen LogP contribution in [-0.2, 0) is 30.0 Å². The quantitative estimate of drug-likeness (QED) is 0.0907. The number of hydroxylamine groups is 2. The van der Waals surface area contributed by atoms with Crippen molar-refractivity contribution in [1.82, 2.24) is 9.71 Å². The Hall–Kier alpha value is -4.19. The van der Waals surface area contributed by atoms with Crippen LogP contribution in [0, 0.1) is 11.8 Å². The zero-order valence-electron chi connectivity index (χ0n) is 23.6. The van der Waals surface area contributed by atoms with E-state index in [2.05, 4.69) is 0 Å². The Morgan fingerprint density at radius 2 is 1.47 bits per heavy atom. The molecule has 1 saturated heterocycles. The van der Waals surface area contributed by atoms with E-state index in [1.54, 1.807) is 79.7 Å². The highest BCUT2D eigenvalue weighted by molar-refractivity contribution is 7.49. The van der Waals surface area contributed by atoms with Crippen LogP contribution in [0.3, 0.4) is 0 Å². The number of hydrogen-bond donors (Lipinski definition) is 3. The Balaban J connectivity index is 1.47. The fourth-order valence-corrected chi connectivity index (χ4v) is 6.49. The second-order valence-electron chi connectivity index (χ2n) is 10.5. The Kier molecular flexibility index (Phi) is 8.33. The lowest BCUT2D eigenvalue weighted by Gasteiger charge is -2.46. The Bertz CT molecular complexity index is 1510. The van der Waals surface area contributed by atoms with Gasteiger partial charge < -0.3 is 23.4 Å². The fourth-order valence-electron chi connectivity index (χ4n) is 5.12. The second-order valence-corrected chi connectivity index (χ2v) is 11.9. The van der Waals surface area contributed by atoms with Crippen molar-refractivity contribution in [3.8, 4) is 11.5 Å². The Labute approximate surface area is 248 Å². The van der Waals surface area contributed by atoms with E-state index in [1.807, 2.05) is 0 Å². The molecule has 4 atom stereocenters. The number of amides is 1. The number of phosphoric acid groups is 1. The second kappa shape index (κ2) is 11.8. The molecule has 0 spiro atoms. The van der Waals surface area contributed by atoms with Crippen molar-refractivity contribution < 1.29 is 48.0 Å². The molecule has 3 aromatic carbocycles. The van der Waals surface area contributed by atoms with Gasteiger partial charge in [0.25, 0.3) is 0 Å². The highest BCUT2D eigenvalue weighted by atomic mass is 31.2. The molecule has 13 heteroatoms. The van der Waals surface area contributed by atoms with Gasteiger partial charge in [-0.25, -0.2) is 4.79 Å². The molecule has 2 heterocycles. The van der Waals surface area contributed by atoms with Gasteiger partial charge in [0.15, 0.2) is 11.4 Å². The first-order valence-corrected chi connectivity index (χ1v) is 15.0. The number of rotatable bonds is 11. The van der Waals surface area contributed by atoms with Crippen LogP contribution in [-0.4, -0.2) is 51.5 Å². The number of ether oxygens (including phenoxy) is 1. The summed E-state index contributed by atoms with van der Waals surface area (Å²) >= 11 is 0. The van der Waals surface area contributed by atoms with Crippen molar-refractivity contribution in [2.45, 2.75) is 32.6 Å². The summed E-state index contributed by atoms with van der Waals surface area (Å²) in [4.78, 5) is 26.5. The first kappa shape index (κ1) is 30.3. The van der Waals surface area contributed by atoms with Crippen molar-refractivity contribution in [3.63, 3.8) is 0 Å². The third-order valence-electron chi connectivity index (χ3n) is 7.23. The number of esters is 1. The van der Waals surface area contributed by atoms with E-state index < -0.39 is 48.5 Å². The number of aliphatic hydroxyl groups is 1. The number of β-lactam (4-membered cyclic amide) rings is 1. The topological polar surface area (TPSA) is 152 Å². The monoisotopic (exact) mass is 611 g/mol. The van der Waals surface area contributed by atoms with E-state index in [0.29, 0.717) is 5.56 Å². The number of carbonyl (C=O) groups excluding carboxylic acids is 2. The van der Waals surface area contributed by atoms with Crippen molar-refractivity contribution in [1.29, 1.82) is 0 Å². The number of aliphatic hydroxyl groups excluding tert-OH is 1. The van der Waals surface area contributed by atoms with Crippen molar-refractivity contribution in [2.75, 3.05) is 7.05 Å². The van der Waals surface area contributed by atoms with Crippen LogP contribution < -0.4 is 13.9 Å². The molecule has 5 rings (SSSR count). The van der Waals surface area contributed by atoms with Gasteiger partial charge in [-0.15, -0.1) is 0 Å². The van der Waals surface area contributed by atoms with Gasteiger partial charge in [-0.2, -0.15) is 15.0 Å². The zero-order chi connectivity index (χ0) is 30.9. The first-order valence-electron chi connectivity index (χ1n) is 13.5. The third-order valence-corrected chi connectivity index (χ3v) is 8.52. The fraction of sp³-hybridized carbons (Fsp3) is 0.267. The summed E-state index contributed by atoms with van der Waals surface area (Å²) in [6, 6.07) is 21.8. The summed E-state index contributed by atoms with van der Waals surface area (Å²) in [5.74, 6) is -2.71. The number of para-hydroxylation sites is 2. The summed E-state index contributed by atoms with van der Waals surface area (Å²) in [5, 5.41) is 29.7. The van der Waals surface area contributed by atoms with Crippen molar-refractivity contribution in [3.05, 3.63) is 102 Å². The molecule has 1 fully saturated rings. The van der Waals surface area contributed by atoms with E-state index >= 15 is 0 Å². The number of benzene rings is 3. The molecule has 2 aliphatic rings. The molecule has 0 saturated carbocycles. The van der Waals surface area contributed by atoms with Gasteiger partial charge in [-0.05, 0) is 53.7 Å². The molecule has 43 heavy (non-hydrogen) atoms. The van der Waals surface area contributed by atoms with E-state index in [0.717, 1.165) is 7.05 Å². The molecule has 3 aromatic rings. The maximum absolute atomic E-state index is 14.2. The summed E-state index contributed by atoms with van der Waals surface area (Å²) in [5.41, 5.74) is 0.446. The highest BCUT2D eigenvalue weighted by Gasteiger charge is 2.62. The van der Waals surface area contributed by atoms with Gasteiger partial charge in [0.2, 0.25) is 5.91 Å². The summed E-state index contributed by atoms with van der Waals surface area (Å²) < 4.78 is 37.2. The minimum atomic E-state index is -4.53. The lowest BCUT2D eigenvalue weighted by molar-refractivity contribution is -0.272. The van der Waals surface area contributed by atoms with Crippen LogP contribution >= 0.6 is 7.82 Å². The van der Waals surface area contributed by atoms with E-state index in [-0.39, 0.29) is 35.2 Å². The molecular formula is C30H32N2O10P+. The predicted octanol–water partition coefficient (Wildman–Crippen LogP) is 4.80. The summed E-state index contributed by atoms with van der Waals surface area (Å²) in [7, 11) is -3.37. The van der Waals surface area contributed by atoms with Crippen LogP contribution in [0.5, 0.6) is 11.5 Å². The average Bonchev–Trinajstić information content (AvgIpc) is 3.19. The number of fused-ring (bicyclic) bond motifs is 1. The Morgan fingerprint density at radius 1 is 0.930 bits per heavy atom. The third kappa shape index (κ3) is 6.29. The normalized spacial score (nSPS) is 20.7. The van der Waals surface area contributed by atoms with Gasteiger partial charge in [0.05, 0.1) is 18.1 Å². The molecule has 1 amide bonds. The largest absolute Gasteiger partial charge is 0.646 e. The Morgan fingerprint density at radius 3 is 1.95 bits per heavy atom. The van der Waals surface area contributed by atoms with Crippen LogP contribution in [0.1, 0.15) is 19.4 Å². The molecule has 0 aliphatic carbocycles. The molecule has 2 aliphatic heterocycles. The molecule has 3 N–H and O–H groups in total. The van der Waals surface area contributed by atoms with Crippen LogP contribution in [0.4, 0.5) is 5.69 Å². The summed E-state index contributed by atoms with van der Waals surface area (Å²) in [6.45, 7) is 2.94. The van der Waals surface area contributed by atoms with Crippen LogP contribution in [0.15, 0.2) is 96.4 Å². The first-order chi connectivity index (χ1) is 20.4. The molecule has 0 bridgehead atoms. The number of carbonyl (C=O) groups is 2. The molecule has 0 aromatic heterocycles. The number of quaternary nitrogens is 1. The van der Waals surface area contributed by atoms with Crippen molar-refractivity contribution in [2.24, 2.45) is 11.8 Å². The maximum atomic E-state index is 14.2. The molecule has 226 valence electrons. The average molecular weight is 612 g/mol. The molecule has 0 radical (unpaired) electrons. The minimum absolute atomic E-state index is 0.134. The minimum Gasteiger partial charge on any atom is -0.456 e. The predicted molar refractivity (Wildman–Crippen MR) is 152 cm³/mol. The van der Waals surface area contributed by atoms with Crippen molar-refractivity contribution >= 4 is 25.4 Å². The van der Waals surface area contributed by atoms with Crippen LogP contribution in [0.2, 0.25) is 0 Å². The number of nitrogens with zero attached hydrogens (tertiary/aromatic N) is 2. The maximum Gasteiger partial charge on any atom is 0.646 e. The van der Waals surface area contributed by atoms with E-state index in [1.165, 1.54) is 24.0 Å². The lowest BCUT2D eigenvalue weighted by Crippen LogP contribution is -2.63. The highest BCUT2D eigenvalue weighted by Crippen LogP contribution is 2.57. The molecule has 12 nitrogen and oxygen atoms in total. The van der Waals surface area contributed by atoms with Crippen LogP contribution in [0.25, 0.3) is 0 Å². The van der Waals surface area contributed by atoms with E-state index in [4.69, 9.17) is 18.3 Å². The standard InChI is InChI=1S/C30H32N2O10P/c1-19-26-25(20(2)33)29(34)31(26)27(30(35)39-18-21-14-16-22(17-15-21)32(3,36)37)28(19)42-43(38,40-23-10-6-4-7-11-23)41-24-12-8-5-9-13-24/h4-17,19-20,25-26,33,36-37H,18H2,1-3H3/q+1/t19-,20-,25?,26?/m1/s1. The van der Waals surface area contributed by atoms with Gasteiger partial charge in [0.1, 0.15) is 30.9 Å².